The highest BCUT2D eigenvalue weighted by Gasteiger charge is 2.32. The summed E-state index contributed by atoms with van der Waals surface area (Å²) in [6.07, 6.45) is 0. The van der Waals surface area contributed by atoms with Gasteiger partial charge in [-0.05, 0) is 41.1 Å². The van der Waals surface area contributed by atoms with Gasteiger partial charge in [0.15, 0.2) is 5.82 Å². The Labute approximate surface area is 167 Å². The average Bonchev–Trinajstić information content (AvgIpc) is 3.29. The molecule has 0 saturated carbocycles. The van der Waals surface area contributed by atoms with Gasteiger partial charge in [-0.2, -0.15) is 4.68 Å². The molecule has 0 spiro atoms. The Morgan fingerprint density at radius 1 is 1.24 bits per heavy atom. The maximum Gasteiger partial charge on any atom is 0.238 e. The monoisotopic (exact) mass is 395 g/mol. The van der Waals surface area contributed by atoms with Crippen LogP contribution in [0.3, 0.4) is 0 Å². The van der Waals surface area contributed by atoms with E-state index in [-0.39, 0.29) is 30.1 Å². The number of likely N-dealkylation sites (tertiary alicyclic amines) is 1. The molecule has 9 heteroatoms. The number of aromatic nitrogens is 4. The topological polar surface area (TPSA) is 102 Å². The summed E-state index contributed by atoms with van der Waals surface area (Å²) in [6.45, 7) is 3.18. The van der Waals surface area contributed by atoms with Crippen molar-refractivity contribution < 1.29 is 9.18 Å². The second-order valence-electron chi connectivity index (χ2n) is 7.23. The van der Waals surface area contributed by atoms with Crippen LogP contribution in [0.2, 0.25) is 0 Å². The number of amides is 1. The number of anilines is 1. The Balaban J connectivity index is 1.42. The molecule has 0 radical (unpaired) electrons. The molecule has 150 valence electrons. The molecule has 4 rings (SSSR count). The summed E-state index contributed by atoms with van der Waals surface area (Å²) in [5.74, 6) is -0.0812. The fourth-order valence-electron chi connectivity index (χ4n) is 3.70. The molecule has 1 fully saturated rings. The number of carbonyl (C=O) groups excluding carboxylic acids is 1. The summed E-state index contributed by atoms with van der Waals surface area (Å²) in [5, 5.41) is 13.9. The lowest BCUT2D eigenvalue weighted by molar-refractivity contribution is -0.117. The molecule has 2 aromatic carbocycles. The fraction of sp³-hybridized carbons (Fsp3) is 0.300. The highest BCUT2D eigenvalue weighted by atomic mass is 19.1. The number of nitrogens with one attached hydrogen (secondary N) is 1. The Hall–Kier alpha value is -3.17. The van der Waals surface area contributed by atoms with Crippen molar-refractivity contribution in [3.63, 3.8) is 0 Å². The second kappa shape index (κ2) is 8.06. The predicted molar refractivity (Wildman–Crippen MR) is 106 cm³/mol. The first kappa shape index (κ1) is 19.2. The molecular weight excluding hydrogens is 373 g/mol. The number of carbonyl (C=O) groups is 1. The lowest BCUT2D eigenvalue weighted by Crippen LogP contribution is -2.34. The lowest BCUT2D eigenvalue weighted by atomic mass is 9.95. The van der Waals surface area contributed by atoms with Crippen molar-refractivity contribution in [3.05, 3.63) is 65.7 Å². The number of aryl methyl sites for hydroxylation is 1. The van der Waals surface area contributed by atoms with Crippen molar-refractivity contribution in [1.82, 2.24) is 25.1 Å². The van der Waals surface area contributed by atoms with E-state index in [2.05, 4.69) is 33.0 Å². The van der Waals surface area contributed by atoms with Gasteiger partial charge >= 0.3 is 0 Å². The van der Waals surface area contributed by atoms with E-state index < -0.39 is 5.82 Å². The van der Waals surface area contributed by atoms with Gasteiger partial charge in [-0.25, -0.2) is 4.39 Å². The third-order valence-corrected chi connectivity index (χ3v) is 5.13. The first-order chi connectivity index (χ1) is 14.0. The molecule has 3 aromatic rings. The van der Waals surface area contributed by atoms with Gasteiger partial charge in [-0.3, -0.25) is 9.69 Å². The van der Waals surface area contributed by atoms with Crippen LogP contribution in [0.25, 0.3) is 5.69 Å². The quantitative estimate of drug-likeness (QED) is 0.678. The summed E-state index contributed by atoms with van der Waals surface area (Å²) < 4.78 is 15.7. The van der Waals surface area contributed by atoms with E-state index in [1.807, 2.05) is 23.1 Å². The molecule has 29 heavy (non-hydrogen) atoms. The molecule has 1 aliphatic heterocycles. The summed E-state index contributed by atoms with van der Waals surface area (Å²) >= 11 is 0. The van der Waals surface area contributed by atoms with Crippen LogP contribution < -0.4 is 11.1 Å². The number of hydrogen-bond donors (Lipinski definition) is 2. The van der Waals surface area contributed by atoms with Crippen LogP contribution in [0.5, 0.6) is 0 Å². The minimum atomic E-state index is -0.520. The number of rotatable bonds is 5. The van der Waals surface area contributed by atoms with Crippen molar-refractivity contribution in [2.45, 2.75) is 18.9 Å². The molecular formula is C20H22FN7O. The van der Waals surface area contributed by atoms with Crippen LogP contribution in [-0.4, -0.2) is 56.7 Å². The van der Waals surface area contributed by atoms with Crippen LogP contribution >= 0.6 is 0 Å². The number of hydrogen-bond acceptors (Lipinski definition) is 6. The fourth-order valence-corrected chi connectivity index (χ4v) is 3.70. The van der Waals surface area contributed by atoms with E-state index in [0.29, 0.717) is 24.6 Å². The van der Waals surface area contributed by atoms with Gasteiger partial charge in [-0.1, -0.05) is 30.3 Å². The van der Waals surface area contributed by atoms with E-state index in [4.69, 9.17) is 5.73 Å². The Bertz CT molecular complexity index is 1010. The van der Waals surface area contributed by atoms with Crippen molar-refractivity contribution in [2.75, 3.05) is 25.0 Å². The second-order valence-corrected chi connectivity index (χ2v) is 7.23. The van der Waals surface area contributed by atoms with Gasteiger partial charge in [0, 0.05) is 25.0 Å². The van der Waals surface area contributed by atoms with Crippen LogP contribution in [0.1, 0.15) is 17.3 Å². The maximum absolute atomic E-state index is 14.2. The molecule has 1 saturated heterocycles. The summed E-state index contributed by atoms with van der Waals surface area (Å²) in [5.41, 5.74) is 8.11. The number of nitrogens with zero attached hydrogens (tertiary/aromatic N) is 5. The minimum Gasteiger partial charge on any atom is -0.326 e. The SMILES string of the molecule is Cc1nnnn1-c1ccc(F)c(NC(=O)CN2C[C@@H](N)[C@H](c3ccccc3)C2)c1. The van der Waals surface area contributed by atoms with Crippen molar-refractivity contribution in [3.8, 4) is 5.69 Å². The summed E-state index contributed by atoms with van der Waals surface area (Å²) in [4.78, 5) is 14.5. The van der Waals surface area contributed by atoms with Crippen LogP contribution in [0.15, 0.2) is 48.5 Å². The molecule has 1 aromatic heterocycles. The third-order valence-electron chi connectivity index (χ3n) is 5.13. The zero-order valence-electron chi connectivity index (χ0n) is 16.0. The van der Waals surface area contributed by atoms with E-state index in [9.17, 15) is 9.18 Å². The number of halogens is 1. The standard InChI is InChI=1S/C20H22FN7O/c1-13-24-25-26-28(13)15-7-8-17(21)19(9-15)23-20(29)12-27-10-16(18(22)11-27)14-5-3-2-4-6-14/h2-9,16,18H,10-12,22H2,1H3,(H,23,29)/t16-,18+/m0/s1. The Kier molecular flexibility index (Phi) is 5.32. The van der Waals surface area contributed by atoms with E-state index in [1.54, 1.807) is 13.0 Å². The van der Waals surface area contributed by atoms with Crippen molar-refractivity contribution in [1.29, 1.82) is 0 Å². The minimum absolute atomic E-state index is 0.0481. The van der Waals surface area contributed by atoms with Gasteiger partial charge in [0.25, 0.3) is 0 Å². The molecule has 8 nitrogen and oxygen atoms in total. The number of tetrazole rings is 1. The molecule has 2 atom stereocenters. The lowest BCUT2D eigenvalue weighted by Gasteiger charge is -2.16. The van der Waals surface area contributed by atoms with Crippen LogP contribution in [0.4, 0.5) is 10.1 Å². The number of nitrogens with two attached hydrogens (primary N) is 1. The smallest absolute Gasteiger partial charge is 0.238 e. The van der Waals surface area contributed by atoms with E-state index >= 15 is 0 Å². The Morgan fingerprint density at radius 3 is 2.76 bits per heavy atom. The first-order valence-electron chi connectivity index (χ1n) is 9.39. The van der Waals surface area contributed by atoms with Gasteiger partial charge in [0.1, 0.15) is 5.82 Å². The molecule has 1 amide bonds. The molecule has 0 bridgehead atoms. The first-order valence-corrected chi connectivity index (χ1v) is 9.39. The Morgan fingerprint density at radius 2 is 2.03 bits per heavy atom. The maximum atomic E-state index is 14.2. The highest BCUT2D eigenvalue weighted by molar-refractivity contribution is 5.92. The molecule has 0 unspecified atom stereocenters. The molecule has 1 aliphatic rings. The molecule has 2 heterocycles. The van der Waals surface area contributed by atoms with E-state index in [1.165, 1.54) is 22.4 Å². The zero-order valence-corrected chi connectivity index (χ0v) is 16.0. The van der Waals surface area contributed by atoms with Gasteiger partial charge < -0.3 is 11.1 Å². The third kappa shape index (κ3) is 4.15. The molecule has 3 N–H and O–H groups in total. The van der Waals surface area contributed by atoms with Gasteiger partial charge in [-0.15, -0.1) is 5.10 Å². The van der Waals surface area contributed by atoms with E-state index in [0.717, 1.165) is 0 Å². The van der Waals surface area contributed by atoms with Crippen LogP contribution in [0, 0.1) is 12.7 Å². The van der Waals surface area contributed by atoms with Crippen LogP contribution in [-0.2, 0) is 4.79 Å². The van der Waals surface area contributed by atoms with Crippen molar-refractivity contribution >= 4 is 11.6 Å². The predicted octanol–water partition coefficient (Wildman–Crippen LogP) is 1.48. The highest BCUT2D eigenvalue weighted by Crippen LogP contribution is 2.26. The largest absolute Gasteiger partial charge is 0.326 e. The normalized spacial score (nSPS) is 19.4. The summed E-state index contributed by atoms with van der Waals surface area (Å²) in [7, 11) is 0. The average molecular weight is 395 g/mol. The zero-order chi connectivity index (χ0) is 20.4. The van der Waals surface area contributed by atoms with Crippen molar-refractivity contribution in [2.24, 2.45) is 5.73 Å². The molecule has 0 aliphatic carbocycles. The number of benzene rings is 2. The van der Waals surface area contributed by atoms with Gasteiger partial charge in [0.2, 0.25) is 5.91 Å². The summed E-state index contributed by atoms with van der Waals surface area (Å²) in [6, 6.07) is 14.3. The van der Waals surface area contributed by atoms with Gasteiger partial charge in [0.05, 0.1) is 17.9 Å².